The molecule has 23 heavy (non-hydrogen) atoms. The minimum absolute atomic E-state index is 0.138. The Kier molecular flexibility index (Phi) is 4.87. The van der Waals surface area contributed by atoms with Gasteiger partial charge < -0.3 is 15.3 Å². The van der Waals surface area contributed by atoms with Crippen molar-refractivity contribution in [3.63, 3.8) is 0 Å². The molecule has 2 aromatic carbocycles. The molecule has 3 nitrogen and oxygen atoms in total. The van der Waals surface area contributed by atoms with Crippen molar-refractivity contribution in [1.29, 1.82) is 0 Å². The molecule has 3 heteroatoms. The molecule has 1 fully saturated rings. The lowest BCUT2D eigenvalue weighted by molar-refractivity contribution is 0.145. The van der Waals surface area contributed by atoms with Crippen LogP contribution in [0.4, 0.5) is 11.4 Å². The Morgan fingerprint density at radius 1 is 1.09 bits per heavy atom. The molecular formula is C20H26N2O. The molecule has 0 atom stereocenters. The number of nitrogens with zero attached hydrogens (tertiary/aromatic N) is 1. The third-order valence-corrected chi connectivity index (χ3v) is 4.68. The molecule has 0 spiro atoms. The van der Waals surface area contributed by atoms with Gasteiger partial charge in [0.15, 0.2) is 0 Å². The maximum atomic E-state index is 9.71. The van der Waals surface area contributed by atoms with Gasteiger partial charge in [-0.05, 0) is 49.9 Å². The Labute approximate surface area is 139 Å². The van der Waals surface area contributed by atoms with Crippen LogP contribution in [0.3, 0.4) is 0 Å². The number of aryl methyl sites for hydroxylation is 2. The van der Waals surface area contributed by atoms with E-state index in [4.69, 9.17) is 0 Å². The van der Waals surface area contributed by atoms with Crippen LogP contribution in [-0.4, -0.2) is 24.3 Å². The van der Waals surface area contributed by atoms with Gasteiger partial charge in [-0.2, -0.15) is 0 Å². The number of nitrogens with one attached hydrogen (secondary N) is 1. The maximum Gasteiger partial charge on any atom is 0.0602 e. The zero-order valence-corrected chi connectivity index (χ0v) is 14.0. The summed E-state index contributed by atoms with van der Waals surface area (Å²) in [5.41, 5.74) is 6.37. The minimum Gasteiger partial charge on any atom is -0.393 e. The molecule has 0 bridgehead atoms. The van der Waals surface area contributed by atoms with E-state index in [0.29, 0.717) is 0 Å². The van der Waals surface area contributed by atoms with Crippen molar-refractivity contribution in [2.45, 2.75) is 39.3 Å². The average Bonchev–Trinajstić information content (AvgIpc) is 2.57. The van der Waals surface area contributed by atoms with Crippen LogP contribution in [0.2, 0.25) is 0 Å². The van der Waals surface area contributed by atoms with Crippen LogP contribution >= 0.6 is 0 Å². The third-order valence-electron chi connectivity index (χ3n) is 4.68. The van der Waals surface area contributed by atoms with Crippen LogP contribution in [-0.2, 0) is 6.54 Å². The maximum absolute atomic E-state index is 9.71. The van der Waals surface area contributed by atoms with E-state index in [1.54, 1.807) is 0 Å². The summed E-state index contributed by atoms with van der Waals surface area (Å²) in [6.45, 7) is 6.97. The Bertz CT molecular complexity index is 660. The summed E-state index contributed by atoms with van der Waals surface area (Å²) in [6, 6.07) is 15.1. The zero-order chi connectivity index (χ0) is 16.2. The molecular weight excluding hydrogens is 284 g/mol. The van der Waals surface area contributed by atoms with Crippen LogP contribution in [0, 0.1) is 13.8 Å². The number of benzene rings is 2. The highest BCUT2D eigenvalue weighted by molar-refractivity contribution is 5.70. The number of rotatable bonds is 4. The smallest absolute Gasteiger partial charge is 0.0602 e. The molecule has 1 aliphatic rings. The van der Waals surface area contributed by atoms with Crippen molar-refractivity contribution in [3.05, 3.63) is 59.2 Å². The fraction of sp³-hybridized carbons (Fsp3) is 0.400. The predicted octanol–water partition coefficient (Wildman–Crippen LogP) is 3.88. The molecule has 1 aliphatic heterocycles. The van der Waals surface area contributed by atoms with Crippen molar-refractivity contribution in [3.8, 4) is 0 Å². The second-order valence-corrected chi connectivity index (χ2v) is 6.52. The van der Waals surface area contributed by atoms with Crippen LogP contribution in [0.15, 0.2) is 42.5 Å². The summed E-state index contributed by atoms with van der Waals surface area (Å²) >= 11 is 0. The van der Waals surface area contributed by atoms with Gasteiger partial charge in [0, 0.05) is 19.6 Å². The van der Waals surface area contributed by atoms with Gasteiger partial charge in [0.25, 0.3) is 0 Å². The molecule has 2 N–H and O–H groups in total. The van der Waals surface area contributed by atoms with Crippen LogP contribution in [0.5, 0.6) is 0 Å². The van der Waals surface area contributed by atoms with Gasteiger partial charge in [-0.25, -0.2) is 0 Å². The highest BCUT2D eigenvalue weighted by Crippen LogP contribution is 2.29. The van der Waals surface area contributed by atoms with Gasteiger partial charge in [-0.1, -0.05) is 35.9 Å². The normalized spacial score (nSPS) is 15.7. The van der Waals surface area contributed by atoms with E-state index >= 15 is 0 Å². The van der Waals surface area contributed by atoms with E-state index < -0.39 is 0 Å². The Balaban J connectivity index is 1.74. The summed E-state index contributed by atoms with van der Waals surface area (Å²) < 4.78 is 0. The molecule has 0 amide bonds. The fourth-order valence-corrected chi connectivity index (χ4v) is 3.19. The standard InChI is InChI=1S/C20H26N2O/c1-15-7-8-16(2)17(13-15)14-21-19-5-3-4-6-20(19)22-11-9-18(23)10-12-22/h3-8,13,18,21,23H,9-12,14H2,1-2H3. The van der Waals surface area contributed by atoms with Crippen molar-refractivity contribution in [2.24, 2.45) is 0 Å². The number of anilines is 2. The second-order valence-electron chi connectivity index (χ2n) is 6.52. The number of piperidine rings is 1. The van der Waals surface area contributed by atoms with Gasteiger partial charge in [-0.3, -0.25) is 0 Å². The molecule has 0 unspecified atom stereocenters. The second kappa shape index (κ2) is 7.05. The first-order valence-electron chi connectivity index (χ1n) is 8.45. The Hall–Kier alpha value is -2.00. The van der Waals surface area contributed by atoms with Crippen molar-refractivity contribution in [1.82, 2.24) is 0 Å². The first kappa shape index (κ1) is 15.9. The number of para-hydroxylation sites is 2. The Morgan fingerprint density at radius 2 is 1.83 bits per heavy atom. The number of aliphatic hydroxyl groups is 1. The molecule has 1 saturated heterocycles. The number of hydrogen-bond donors (Lipinski definition) is 2. The predicted molar refractivity (Wildman–Crippen MR) is 97.1 cm³/mol. The molecule has 122 valence electrons. The van der Waals surface area contributed by atoms with E-state index in [0.717, 1.165) is 32.5 Å². The number of hydrogen-bond acceptors (Lipinski definition) is 3. The van der Waals surface area contributed by atoms with Gasteiger partial charge in [0.2, 0.25) is 0 Å². The Morgan fingerprint density at radius 3 is 2.61 bits per heavy atom. The van der Waals surface area contributed by atoms with Crippen molar-refractivity contribution in [2.75, 3.05) is 23.3 Å². The highest BCUT2D eigenvalue weighted by Gasteiger charge is 2.19. The fourth-order valence-electron chi connectivity index (χ4n) is 3.19. The van der Waals surface area contributed by atoms with Gasteiger partial charge in [-0.15, -0.1) is 0 Å². The van der Waals surface area contributed by atoms with E-state index in [1.807, 2.05) is 0 Å². The van der Waals surface area contributed by atoms with E-state index in [-0.39, 0.29) is 6.10 Å². The lowest BCUT2D eigenvalue weighted by atomic mass is 10.0. The van der Waals surface area contributed by atoms with Gasteiger partial charge >= 0.3 is 0 Å². The topological polar surface area (TPSA) is 35.5 Å². The highest BCUT2D eigenvalue weighted by atomic mass is 16.3. The molecule has 1 heterocycles. The largest absolute Gasteiger partial charge is 0.393 e. The summed E-state index contributed by atoms with van der Waals surface area (Å²) in [7, 11) is 0. The molecule has 0 saturated carbocycles. The monoisotopic (exact) mass is 310 g/mol. The SMILES string of the molecule is Cc1ccc(C)c(CNc2ccccc2N2CCC(O)CC2)c1. The zero-order valence-electron chi connectivity index (χ0n) is 14.0. The van der Waals surface area contributed by atoms with Gasteiger partial charge in [0.05, 0.1) is 17.5 Å². The molecule has 0 aromatic heterocycles. The first-order valence-corrected chi connectivity index (χ1v) is 8.45. The average molecular weight is 310 g/mol. The summed E-state index contributed by atoms with van der Waals surface area (Å²) in [5.74, 6) is 0. The summed E-state index contributed by atoms with van der Waals surface area (Å²) in [6.07, 6.45) is 1.57. The van der Waals surface area contributed by atoms with E-state index in [9.17, 15) is 5.11 Å². The molecule has 3 rings (SSSR count). The quantitative estimate of drug-likeness (QED) is 0.899. The summed E-state index contributed by atoms with van der Waals surface area (Å²) in [4.78, 5) is 2.37. The number of aliphatic hydroxyl groups excluding tert-OH is 1. The minimum atomic E-state index is -0.138. The van der Waals surface area contributed by atoms with Crippen LogP contribution < -0.4 is 10.2 Å². The van der Waals surface area contributed by atoms with Crippen LogP contribution in [0.1, 0.15) is 29.5 Å². The van der Waals surface area contributed by atoms with E-state index in [1.165, 1.54) is 28.1 Å². The lowest BCUT2D eigenvalue weighted by Gasteiger charge is -2.33. The van der Waals surface area contributed by atoms with Crippen LogP contribution in [0.25, 0.3) is 0 Å². The first-order chi connectivity index (χ1) is 11.1. The summed E-state index contributed by atoms with van der Waals surface area (Å²) in [5, 5.41) is 13.3. The van der Waals surface area contributed by atoms with Crippen molar-refractivity contribution >= 4 is 11.4 Å². The lowest BCUT2D eigenvalue weighted by Crippen LogP contribution is -2.36. The van der Waals surface area contributed by atoms with Crippen molar-refractivity contribution < 1.29 is 5.11 Å². The third kappa shape index (κ3) is 3.85. The van der Waals surface area contributed by atoms with E-state index in [2.05, 4.69) is 66.5 Å². The molecule has 0 aliphatic carbocycles. The molecule has 2 aromatic rings. The van der Waals surface area contributed by atoms with Gasteiger partial charge in [0.1, 0.15) is 0 Å². The molecule has 0 radical (unpaired) electrons.